The van der Waals surface area contributed by atoms with E-state index in [0.717, 1.165) is 22.0 Å². The van der Waals surface area contributed by atoms with E-state index >= 15 is 0 Å². The molecular formula is C21H21ClN2OS. The van der Waals surface area contributed by atoms with Gasteiger partial charge >= 0.3 is 0 Å². The van der Waals surface area contributed by atoms with Crippen molar-refractivity contribution in [3.63, 3.8) is 0 Å². The number of benzene rings is 2. The number of thioether (sulfide) groups is 1. The van der Waals surface area contributed by atoms with E-state index in [4.69, 9.17) is 16.6 Å². The van der Waals surface area contributed by atoms with Crippen LogP contribution in [0.25, 0.3) is 6.08 Å². The molecule has 2 aromatic rings. The minimum Gasteiger partial charge on any atom is -0.281 e. The summed E-state index contributed by atoms with van der Waals surface area (Å²) in [6.07, 6.45) is 3.42. The van der Waals surface area contributed by atoms with Gasteiger partial charge in [0, 0.05) is 16.9 Å². The quantitative estimate of drug-likeness (QED) is 0.673. The van der Waals surface area contributed by atoms with Crippen molar-refractivity contribution in [2.45, 2.75) is 25.9 Å². The van der Waals surface area contributed by atoms with Crippen molar-refractivity contribution in [1.29, 1.82) is 0 Å². The zero-order valence-corrected chi connectivity index (χ0v) is 16.4. The number of aliphatic imine (C=N–C) groups is 1. The molecule has 0 saturated carbocycles. The molecule has 0 atom stereocenters. The van der Waals surface area contributed by atoms with Gasteiger partial charge in [0.25, 0.3) is 5.91 Å². The van der Waals surface area contributed by atoms with Gasteiger partial charge in [0.05, 0.1) is 12.1 Å². The molecule has 0 N–H and O–H groups in total. The minimum atomic E-state index is -0.262. The van der Waals surface area contributed by atoms with Gasteiger partial charge in [-0.25, -0.2) is 0 Å². The molecule has 3 rings (SSSR count). The number of amidine groups is 1. The Labute approximate surface area is 163 Å². The summed E-state index contributed by atoms with van der Waals surface area (Å²) in [6.45, 7) is 4.71. The van der Waals surface area contributed by atoms with Crippen LogP contribution >= 0.6 is 23.4 Å². The second-order valence-electron chi connectivity index (χ2n) is 6.74. The molecular weight excluding hydrogens is 364 g/mol. The van der Waals surface area contributed by atoms with Gasteiger partial charge < -0.3 is 0 Å². The highest BCUT2D eigenvalue weighted by molar-refractivity contribution is 8.14. The maximum absolute atomic E-state index is 12.8. The monoisotopic (exact) mass is 384 g/mol. The van der Waals surface area contributed by atoms with E-state index in [0.29, 0.717) is 11.6 Å². The fourth-order valence-corrected chi connectivity index (χ4v) is 4.06. The third-order valence-electron chi connectivity index (χ3n) is 4.10. The number of halogens is 1. The maximum Gasteiger partial charge on any atom is 0.253 e. The zero-order chi connectivity index (χ0) is 18.6. The lowest BCUT2D eigenvalue weighted by molar-refractivity contribution is -0.124. The van der Waals surface area contributed by atoms with E-state index in [2.05, 4.69) is 13.8 Å². The molecule has 1 saturated heterocycles. The average Bonchev–Trinajstić information content (AvgIpc) is 2.94. The lowest BCUT2D eigenvalue weighted by Gasteiger charge is -2.29. The number of carbonyl (C=O) groups is 1. The molecule has 1 fully saturated rings. The van der Waals surface area contributed by atoms with Crippen molar-refractivity contribution in [3.05, 3.63) is 76.8 Å². The Morgan fingerprint density at radius 2 is 1.88 bits per heavy atom. The Balaban J connectivity index is 1.77. The van der Waals surface area contributed by atoms with Crippen molar-refractivity contribution in [1.82, 2.24) is 4.90 Å². The van der Waals surface area contributed by atoms with Crippen LogP contribution in [0.1, 0.15) is 25.0 Å². The summed E-state index contributed by atoms with van der Waals surface area (Å²) in [4.78, 5) is 19.3. The fourth-order valence-electron chi connectivity index (χ4n) is 2.70. The molecule has 1 aliphatic heterocycles. The maximum atomic E-state index is 12.8. The lowest BCUT2D eigenvalue weighted by atomic mass is 10.1. The normalized spacial score (nSPS) is 18.0. The van der Waals surface area contributed by atoms with Gasteiger partial charge in [-0.3, -0.25) is 14.7 Å². The molecule has 1 amide bonds. The Morgan fingerprint density at radius 1 is 1.19 bits per heavy atom. The molecule has 3 nitrogen and oxygen atoms in total. The number of carbonyl (C=O) groups excluding carboxylic acids is 1. The minimum absolute atomic E-state index is 0.0539. The largest absolute Gasteiger partial charge is 0.281 e. The zero-order valence-electron chi connectivity index (χ0n) is 14.9. The molecule has 0 radical (unpaired) electrons. The van der Waals surface area contributed by atoms with Crippen LogP contribution in [-0.2, 0) is 11.3 Å². The van der Waals surface area contributed by atoms with Gasteiger partial charge in [0.15, 0.2) is 5.17 Å². The summed E-state index contributed by atoms with van der Waals surface area (Å²) < 4.78 is 0. The Kier molecular flexibility index (Phi) is 5.84. The van der Waals surface area contributed by atoms with E-state index < -0.39 is 0 Å². The van der Waals surface area contributed by atoms with Crippen molar-refractivity contribution < 1.29 is 4.79 Å². The van der Waals surface area contributed by atoms with Crippen LogP contribution in [0.15, 0.2) is 65.7 Å². The fraction of sp³-hybridized carbons (Fsp3) is 0.238. The van der Waals surface area contributed by atoms with E-state index in [1.54, 1.807) is 22.7 Å². The highest BCUT2D eigenvalue weighted by atomic mass is 35.5. The van der Waals surface area contributed by atoms with Gasteiger partial charge in [-0.05, 0) is 43.2 Å². The van der Waals surface area contributed by atoms with Crippen LogP contribution in [0, 0.1) is 0 Å². The van der Waals surface area contributed by atoms with Crippen molar-refractivity contribution in [3.8, 4) is 0 Å². The van der Waals surface area contributed by atoms with Gasteiger partial charge in [-0.2, -0.15) is 0 Å². The molecule has 2 aromatic carbocycles. The number of nitrogens with zero attached hydrogens (tertiary/aromatic N) is 2. The Bertz CT molecular complexity index is 829. The molecule has 0 aliphatic carbocycles. The van der Waals surface area contributed by atoms with Gasteiger partial charge in [0.1, 0.15) is 0 Å². The first-order valence-electron chi connectivity index (χ1n) is 8.45. The second kappa shape index (κ2) is 8.11. The number of amides is 1. The third kappa shape index (κ3) is 4.57. The first-order valence-corrected chi connectivity index (χ1v) is 9.81. The molecule has 0 bridgehead atoms. The summed E-state index contributed by atoms with van der Waals surface area (Å²) in [5.74, 6) is 0.781. The standard InChI is InChI=1S/C21H21ClN2OS/c1-21(2)15-26-20(23-14-17-6-4-3-5-7-17)24(21)19(25)13-10-16-8-11-18(22)12-9-16/h3-13H,14-15H2,1-2H3. The first kappa shape index (κ1) is 18.7. The van der Waals surface area contributed by atoms with Gasteiger partial charge in [-0.1, -0.05) is 65.8 Å². The van der Waals surface area contributed by atoms with Crippen LogP contribution < -0.4 is 0 Å². The van der Waals surface area contributed by atoms with E-state index in [1.165, 1.54) is 0 Å². The average molecular weight is 385 g/mol. The molecule has 26 heavy (non-hydrogen) atoms. The molecule has 0 spiro atoms. The van der Waals surface area contributed by atoms with Crippen LogP contribution in [-0.4, -0.2) is 27.3 Å². The summed E-state index contributed by atoms with van der Waals surface area (Å²) in [5.41, 5.74) is 1.81. The Hall–Kier alpha value is -2.04. The smallest absolute Gasteiger partial charge is 0.253 e. The first-order chi connectivity index (χ1) is 12.5. The van der Waals surface area contributed by atoms with Crippen molar-refractivity contribution in [2.75, 3.05) is 5.75 Å². The summed E-state index contributed by atoms with van der Waals surface area (Å²) in [5, 5.41) is 1.46. The summed E-state index contributed by atoms with van der Waals surface area (Å²) in [7, 11) is 0. The lowest BCUT2D eigenvalue weighted by Crippen LogP contribution is -2.45. The van der Waals surface area contributed by atoms with Crippen molar-refractivity contribution >= 4 is 40.5 Å². The molecule has 1 aliphatic rings. The van der Waals surface area contributed by atoms with Gasteiger partial charge in [0.2, 0.25) is 0 Å². The highest BCUT2D eigenvalue weighted by Crippen LogP contribution is 2.33. The van der Waals surface area contributed by atoms with Crippen LogP contribution in [0.2, 0.25) is 5.02 Å². The Morgan fingerprint density at radius 3 is 2.58 bits per heavy atom. The van der Waals surface area contributed by atoms with Crippen molar-refractivity contribution in [2.24, 2.45) is 4.99 Å². The molecule has 134 valence electrons. The second-order valence-corrected chi connectivity index (χ2v) is 8.12. The van der Waals surface area contributed by atoms with Crippen LogP contribution in [0.3, 0.4) is 0 Å². The highest BCUT2D eigenvalue weighted by Gasteiger charge is 2.40. The topological polar surface area (TPSA) is 32.7 Å². The number of rotatable bonds is 4. The molecule has 5 heteroatoms. The van der Waals surface area contributed by atoms with Gasteiger partial charge in [-0.15, -0.1) is 0 Å². The van der Waals surface area contributed by atoms with E-state index in [9.17, 15) is 4.79 Å². The van der Waals surface area contributed by atoms with Crippen LogP contribution in [0.4, 0.5) is 0 Å². The van der Waals surface area contributed by atoms with Crippen LogP contribution in [0.5, 0.6) is 0 Å². The molecule has 0 aromatic heterocycles. The third-order valence-corrected chi connectivity index (χ3v) is 5.77. The number of hydrogen-bond acceptors (Lipinski definition) is 3. The van der Waals surface area contributed by atoms with E-state index in [-0.39, 0.29) is 11.4 Å². The number of hydrogen-bond donors (Lipinski definition) is 0. The molecule has 0 unspecified atom stereocenters. The predicted octanol–water partition coefficient (Wildman–Crippen LogP) is 5.26. The SMILES string of the molecule is CC1(C)CSC(=NCc2ccccc2)N1C(=O)C=Cc1ccc(Cl)cc1. The summed E-state index contributed by atoms with van der Waals surface area (Å²) >= 11 is 7.53. The van der Waals surface area contributed by atoms with E-state index in [1.807, 2.05) is 60.7 Å². The molecule has 1 heterocycles. The predicted molar refractivity (Wildman–Crippen MR) is 111 cm³/mol. The summed E-state index contributed by atoms with van der Waals surface area (Å²) in [6, 6.07) is 17.5.